The molecule has 0 aliphatic rings. The van der Waals surface area contributed by atoms with Gasteiger partial charge in [-0.25, -0.2) is 21.6 Å². The number of unbranched alkanes of at least 4 members (excludes halogenated alkanes) is 1. The minimum Gasteiger partial charge on any atom is -0.280 e. The van der Waals surface area contributed by atoms with Crippen LogP contribution in [-0.4, -0.2) is 23.4 Å². The van der Waals surface area contributed by atoms with E-state index >= 15 is 0 Å². The summed E-state index contributed by atoms with van der Waals surface area (Å²) < 4.78 is 54.2. The normalized spacial score (nSPS) is 11.7. The fourth-order valence-electron chi connectivity index (χ4n) is 2.14. The quantitative estimate of drug-likeness (QED) is 0.668. The maximum Gasteiger partial charge on any atom is 0.261 e. The summed E-state index contributed by atoms with van der Waals surface area (Å²) in [6.07, 6.45) is 1.56. The van der Waals surface area contributed by atoms with E-state index in [4.69, 9.17) is 5.26 Å². The molecule has 0 heterocycles. The van der Waals surface area contributed by atoms with Gasteiger partial charge in [-0.05, 0) is 42.8 Å². The maximum absolute atomic E-state index is 12.5. The lowest BCUT2D eigenvalue weighted by molar-refractivity contribution is 0.578. The molecule has 2 rings (SSSR count). The molecule has 9 heteroatoms. The van der Waals surface area contributed by atoms with Gasteiger partial charge >= 0.3 is 0 Å². The van der Waals surface area contributed by atoms with Gasteiger partial charge in [0.25, 0.3) is 10.0 Å². The Morgan fingerprint density at radius 1 is 0.962 bits per heavy atom. The smallest absolute Gasteiger partial charge is 0.261 e. The summed E-state index contributed by atoms with van der Waals surface area (Å²) >= 11 is 0. The van der Waals surface area contributed by atoms with Crippen LogP contribution in [0.25, 0.3) is 0 Å². The number of hydrogen-bond donors (Lipinski definition) is 2. The van der Waals surface area contributed by atoms with Crippen molar-refractivity contribution in [1.29, 1.82) is 5.26 Å². The highest BCUT2D eigenvalue weighted by molar-refractivity contribution is 7.92. The first-order chi connectivity index (χ1) is 12.3. The number of nitrogens with one attached hydrogen (secondary N) is 2. The van der Waals surface area contributed by atoms with Gasteiger partial charge < -0.3 is 0 Å². The third kappa shape index (κ3) is 5.05. The van der Waals surface area contributed by atoms with E-state index in [1.165, 1.54) is 48.5 Å². The molecule has 2 N–H and O–H groups in total. The summed E-state index contributed by atoms with van der Waals surface area (Å²) in [6.45, 7) is 2.26. The number of rotatable bonds is 8. The minimum absolute atomic E-state index is 0.0282. The van der Waals surface area contributed by atoms with Crippen LogP contribution in [0.3, 0.4) is 0 Å². The first-order valence-electron chi connectivity index (χ1n) is 7.91. The summed E-state index contributed by atoms with van der Waals surface area (Å²) in [5, 5.41) is 8.89. The van der Waals surface area contributed by atoms with E-state index in [0.29, 0.717) is 13.0 Å². The van der Waals surface area contributed by atoms with E-state index in [1.807, 2.05) is 13.0 Å². The van der Waals surface area contributed by atoms with Gasteiger partial charge in [-0.2, -0.15) is 5.26 Å². The SMILES string of the molecule is CCCCNS(=O)(=O)c1cccc(NS(=O)(=O)c2cccc(C#N)c2)c1. The van der Waals surface area contributed by atoms with Crippen molar-refractivity contribution in [2.24, 2.45) is 0 Å². The Morgan fingerprint density at radius 2 is 1.62 bits per heavy atom. The molecular weight excluding hydrogens is 374 g/mol. The third-order valence-corrected chi connectivity index (χ3v) is 6.33. The second-order valence-corrected chi connectivity index (χ2v) is 8.97. The Balaban J connectivity index is 2.26. The van der Waals surface area contributed by atoms with E-state index < -0.39 is 20.0 Å². The van der Waals surface area contributed by atoms with Crippen molar-refractivity contribution >= 4 is 25.7 Å². The standard InChI is InChI=1S/C17H19N3O4S2/c1-2-3-10-19-25(21,22)17-9-5-7-15(12-17)20-26(23,24)16-8-4-6-14(11-16)13-18/h4-9,11-12,19-20H,2-3,10H2,1H3. The number of anilines is 1. The molecule has 0 saturated heterocycles. The molecule has 2 aromatic carbocycles. The van der Waals surface area contributed by atoms with Crippen LogP contribution in [-0.2, 0) is 20.0 Å². The third-order valence-electron chi connectivity index (χ3n) is 3.49. The molecule has 0 unspecified atom stereocenters. The number of nitrogens with zero attached hydrogens (tertiary/aromatic N) is 1. The molecule has 0 amide bonds. The molecule has 0 aliphatic carbocycles. The lowest BCUT2D eigenvalue weighted by Gasteiger charge is -2.11. The Bertz CT molecular complexity index is 1030. The van der Waals surface area contributed by atoms with Gasteiger partial charge in [0, 0.05) is 6.54 Å². The molecule has 0 aromatic heterocycles. The van der Waals surface area contributed by atoms with Crippen molar-refractivity contribution in [3.63, 3.8) is 0 Å². The highest BCUT2D eigenvalue weighted by Gasteiger charge is 2.17. The van der Waals surface area contributed by atoms with Crippen molar-refractivity contribution in [2.75, 3.05) is 11.3 Å². The maximum atomic E-state index is 12.5. The van der Waals surface area contributed by atoms with Crippen molar-refractivity contribution in [3.8, 4) is 6.07 Å². The van der Waals surface area contributed by atoms with E-state index in [1.54, 1.807) is 0 Å². The zero-order valence-corrected chi connectivity index (χ0v) is 15.8. The fourth-order valence-corrected chi connectivity index (χ4v) is 4.35. The highest BCUT2D eigenvalue weighted by atomic mass is 32.2. The molecule has 0 radical (unpaired) electrons. The van der Waals surface area contributed by atoms with Gasteiger partial charge in [0.1, 0.15) is 0 Å². The van der Waals surface area contributed by atoms with E-state index in [-0.39, 0.29) is 21.0 Å². The topological polar surface area (TPSA) is 116 Å². The Kier molecular flexibility index (Phi) is 6.37. The van der Waals surface area contributed by atoms with Crippen LogP contribution in [0.2, 0.25) is 0 Å². The number of sulfonamides is 2. The Hall–Kier alpha value is -2.41. The molecule has 7 nitrogen and oxygen atoms in total. The Labute approximate surface area is 153 Å². The molecule has 0 aliphatic heterocycles. The van der Waals surface area contributed by atoms with Crippen LogP contribution in [0, 0.1) is 11.3 Å². The second kappa shape index (κ2) is 8.31. The van der Waals surface area contributed by atoms with Crippen LogP contribution in [0.4, 0.5) is 5.69 Å². The van der Waals surface area contributed by atoms with E-state index in [0.717, 1.165) is 6.42 Å². The van der Waals surface area contributed by atoms with Crippen molar-refractivity contribution in [2.45, 2.75) is 29.6 Å². The van der Waals surface area contributed by atoms with E-state index in [2.05, 4.69) is 9.44 Å². The molecular formula is C17H19N3O4S2. The average molecular weight is 393 g/mol. The lowest BCUT2D eigenvalue weighted by atomic mass is 10.2. The van der Waals surface area contributed by atoms with Gasteiger partial charge in [0.15, 0.2) is 0 Å². The van der Waals surface area contributed by atoms with Gasteiger partial charge in [-0.15, -0.1) is 0 Å². The highest BCUT2D eigenvalue weighted by Crippen LogP contribution is 2.20. The summed E-state index contributed by atoms with van der Waals surface area (Å²) in [7, 11) is -7.66. The molecule has 138 valence electrons. The van der Waals surface area contributed by atoms with Crippen LogP contribution in [0.1, 0.15) is 25.3 Å². The fraction of sp³-hybridized carbons (Fsp3) is 0.235. The number of benzene rings is 2. The van der Waals surface area contributed by atoms with Crippen molar-refractivity contribution in [3.05, 3.63) is 54.1 Å². The van der Waals surface area contributed by atoms with Crippen LogP contribution < -0.4 is 9.44 Å². The summed E-state index contributed by atoms with van der Waals surface area (Å²) in [4.78, 5) is -0.106. The molecule has 0 spiro atoms. The monoisotopic (exact) mass is 393 g/mol. The summed E-state index contributed by atoms with van der Waals surface area (Å²) in [5.74, 6) is 0. The van der Waals surface area contributed by atoms with Crippen LogP contribution in [0.5, 0.6) is 0 Å². The molecule has 26 heavy (non-hydrogen) atoms. The number of nitriles is 1. The zero-order chi connectivity index (χ0) is 19.2. The largest absolute Gasteiger partial charge is 0.280 e. The average Bonchev–Trinajstić information content (AvgIpc) is 2.62. The Morgan fingerprint density at radius 3 is 2.27 bits per heavy atom. The summed E-state index contributed by atoms with van der Waals surface area (Å²) in [6, 6.07) is 13.0. The van der Waals surface area contributed by atoms with Crippen molar-refractivity contribution < 1.29 is 16.8 Å². The van der Waals surface area contributed by atoms with Crippen LogP contribution >= 0.6 is 0 Å². The zero-order valence-electron chi connectivity index (χ0n) is 14.1. The molecule has 2 aromatic rings. The number of hydrogen-bond acceptors (Lipinski definition) is 5. The molecule has 0 atom stereocenters. The van der Waals surface area contributed by atoms with Gasteiger partial charge in [-0.1, -0.05) is 25.5 Å². The first-order valence-corrected chi connectivity index (χ1v) is 10.9. The van der Waals surface area contributed by atoms with Crippen LogP contribution in [0.15, 0.2) is 58.3 Å². The predicted molar refractivity (Wildman–Crippen MR) is 98.5 cm³/mol. The molecule has 0 bridgehead atoms. The molecule has 0 saturated carbocycles. The minimum atomic E-state index is -3.95. The lowest BCUT2D eigenvalue weighted by Crippen LogP contribution is -2.24. The molecule has 0 fully saturated rings. The van der Waals surface area contributed by atoms with E-state index in [9.17, 15) is 16.8 Å². The van der Waals surface area contributed by atoms with Crippen molar-refractivity contribution in [1.82, 2.24) is 4.72 Å². The summed E-state index contributed by atoms with van der Waals surface area (Å²) in [5.41, 5.74) is 0.329. The van der Waals surface area contributed by atoms with Gasteiger partial charge in [0.2, 0.25) is 10.0 Å². The predicted octanol–water partition coefficient (Wildman–Crippen LogP) is 2.44. The second-order valence-electron chi connectivity index (χ2n) is 5.52. The first kappa shape index (κ1) is 19.9. The van der Waals surface area contributed by atoms with Gasteiger partial charge in [-0.3, -0.25) is 4.72 Å². The van der Waals surface area contributed by atoms with Gasteiger partial charge in [0.05, 0.1) is 27.1 Å².